The molecule has 7 nitrogen and oxygen atoms in total. The summed E-state index contributed by atoms with van der Waals surface area (Å²) in [6.07, 6.45) is 5.89. The zero-order valence-corrected chi connectivity index (χ0v) is 20.4. The van der Waals surface area contributed by atoms with Gasteiger partial charge in [-0.3, -0.25) is 9.59 Å². The number of carbonyl (C=O) groups excluding carboxylic acids is 1. The number of aryl methyl sites for hydroxylation is 2. The molecule has 2 aromatic heterocycles. The number of amides is 1. The van der Waals surface area contributed by atoms with E-state index in [2.05, 4.69) is 10.6 Å². The van der Waals surface area contributed by atoms with Gasteiger partial charge in [-0.2, -0.15) is 0 Å². The number of benzene rings is 2. The minimum atomic E-state index is -0.0803. The maximum Gasteiger partial charge on any atom is 0.277 e. The Morgan fingerprint density at radius 3 is 2.57 bits per heavy atom. The van der Waals surface area contributed by atoms with Crippen LogP contribution in [0.15, 0.2) is 53.5 Å². The van der Waals surface area contributed by atoms with Crippen molar-refractivity contribution in [2.45, 2.75) is 51.5 Å². The minimum Gasteiger partial charge on any atom is -0.349 e. The van der Waals surface area contributed by atoms with Gasteiger partial charge in [-0.1, -0.05) is 29.8 Å². The van der Waals surface area contributed by atoms with Crippen molar-refractivity contribution in [2.75, 3.05) is 5.32 Å². The summed E-state index contributed by atoms with van der Waals surface area (Å²) in [4.78, 5) is 31.0. The third kappa shape index (κ3) is 4.00. The number of aromatic nitrogens is 3. The molecular weight excluding hydrogens is 462 g/mol. The summed E-state index contributed by atoms with van der Waals surface area (Å²) < 4.78 is 3.42. The summed E-state index contributed by atoms with van der Waals surface area (Å²) in [7, 11) is 0. The number of fused-ring (bicyclic) bond motifs is 1. The van der Waals surface area contributed by atoms with E-state index < -0.39 is 0 Å². The number of nitrogens with one attached hydrogen (secondary N) is 2. The van der Waals surface area contributed by atoms with Crippen LogP contribution in [0.3, 0.4) is 0 Å². The van der Waals surface area contributed by atoms with Crippen LogP contribution in [0, 0.1) is 13.8 Å². The van der Waals surface area contributed by atoms with E-state index in [1.54, 1.807) is 15.3 Å². The van der Waals surface area contributed by atoms with Gasteiger partial charge in [0.2, 0.25) is 0 Å². The van der Waals surface area contributed by atoms with E-state index in [4.69, 9.17) is 16.6 Å². The van der Waals surface area contributed by atoms with E-state index in [1.165, 1.54) is 0 Å². The molecule has 2 N–H and O–H groups in total. The van der Waals surface area contributed by atoms with Gasteiger partial charge in [0, 0.05) is 23.5 Å². The van der Waals surface area contributed by atoms with Crippen molar-refractivity contribution in [3.05, 3.63) is 86.3 Å². The molecule has 35 heavy (non-hydrogen) atoms. The Balaban J connectivity index is 1.42. The van der Waals surface area contributed by atoms with Crippen LogP contribution in [0.25, 0.3) is 11.3 Å². The molecule has 8 heteroatoms. The number of halogens is 1. The van der Waals surface area contributed by atoms with Crippen LogP contribution < -0.4 is 16.2 Å². The highest BCUT2D eigenvalue weighted by atomic mass is 35.5. The van der Waals surface area contributed by atoms with Gasteiger partial charge >= 0.3 is 0 Å². The molecule has 4 aromatic rings. The summed E-state index contributed by atoms with van der Waals surface area (Å²) in [5, 5.41) is 6.92. The van der Waals surface area contributed by atoms with Gasteiger partial charge < -0.3 is 10.6 Å². The Morgan fingerprint density at radius 2 is 1.86 bits per heavy atom. The maximum absolute atomic E-state index is 13.6. The Labute approximate surface area is 207 Å². The van der Waals surface area contributed by atoms with Crippen molar-refractivity contribution >= 4 is 34.7 Å². The first-order valence-corrected chi connectivity index (χ1v) is 12.4. The second-order valence-corrected chi connectivity index (χ2v) is 10.0. The molecule has 0 atom stereocenters. The molecule has 2 saturated carbocycles. The third-order valence-electron chi connectivity index (χ3n) is 6.76. The summed E-state index contributed by atoms with van der Waals surface area (Å²) in [5.74, 6) is 0.761. The molecule has 0 unspecified atom stereocenters. The van der Waals surface area contributed by atoms with Gasteiger partial charge in [-0.15, -0.1) is 0 Å². The van der Waals surface area contributed by atoms with Crippen molar-refractivity contribution in [3.8, 4) is 5.69 Å². The standard InChI is InChI=1S/C27H26ClN5O2/c1-15-6-7-18(26(34)29-19-10-11-19)14-21(15)30-22-12-13-32-25(31-22)23(17-8-9-17)27(35)33(32)24-16(2)4-3-5-20(24)28/h3-7,12-14,17,19H,8-11H2,1-2H3,(H,29,34)(H,30,31). The number of rotatable bonds is 6. The summed E-state index contributed by atoms with van der Waals surface area (Å²) in [6.45, 7) is 3.93. The predicted molar refractivity (Wildman–Crippen MR) is 137 cm³/mol. The monoisotopic (exact) mass is 487 g/mol. The molecule has 0 radical (unpaired) electrons. The van der Waals surface area contributed by atoms with Crippen LogP contribution in [0.5, 0.6) is 0 Å². The van der Waals surface area contributed by atoms with Crippen LogP contribution in [0.2, 0.25) is 5.02 Å². The Kier molecular flexibility index (Phi) is 5.18. The number of hydrogen-bond donors (Lipinski definition) is 2. The third-order valence-corrected chi connectivity index (χ3v) is 7.06. The van der Waals surface area contributed by atoms with Crippen LogP contribution >= 0.6 is 11.6 Å². The van der Waals surface area contributed by atoms with E-state index >= 15 is 0 Å². The lowest BCUT2D eigenvalue weighted by atomic mass is 10.1. The van der Waals surface area contributed by atoms with Crippen molar-refractivity contribution in [1.29, 1.82) is 0 Å². The molecular formula is C27H26ClN5O2. The highest BCUT2D eigenvalue weighted by Gasteiger charge is 2.33. The number of anilines is 2. The van der Waals surface area contributed by atoms with Crippen molar-refractivity contribution in [3.63, 3.8) is 0 Å². The molecule has 0 spiro atoms. The van der Waals surface area contributed by atoms with Crippen molar-refractivity contribution in [2.24, 2.45) is 0 Å². The van der Waals surface area contributed by atoms with E-state index in [9.17, 15) is 9.59 Å². The average molecular weight is 488 g/mol. The highest BCUT2D eigenvalue weighted by molar-refractivity contribution is 6.32. The molecule has 2 aliphatic carbocycles. The molecule has 178 valence electrons. The molecule has 0 bridgehead atoms. The average Bonchev–Trinajstić information content (AvgIpc) is 3.76. The van der Waals surface area contributed by atoms with Crippen LogP contribution in [0.4, 0.5) is 11.5 Å². The topological polar surface area (TPSA) is 80.4 Å². The fraction of sp³-hybridized carbons (Fsp3) is 0.296. The van der Waals surface area contributed by atoms with Gasteiger partial charge in [0.05, 0.1) is 16.3 Å². The van der Waals surface area contributed by atoms with Crippen molar-refractivity contribution in [1.82, 2.24) is 19.5 Å². The van der Waals surface area contributed by atoms with Crippen molar-refractivity contribution < 1.29 is 4.79 Å². The smallest absolute Gasteiger partial charge is 0.277 e. The van der Waals surface area contributed by atoms with Gasteiger partial charge in [0.15, 0.2) is 5.65 Å². The lowest BCUT2D eigenvalue weighted by Gasteiger charge is -2.13. The fourth-order valence-electron chi connectivity index (χ4n) is 4.50. The minimum absolute atomic E-state index is 0.0614. The number of carbonyl (C=O) groups is 1. The number of hydrogen-bond acceptors (Lipinski definition) is 4. The van der Waals surface area contributed by atoms with E-state index in [-0.39, 0.29) is 17.4 Å². The quantitative estimate of drug-likeness (QED) is 0.388. The predicted octanol–water partition coefficient (Wildman–Crippen LogP) is 5.27. The lowest BCUT2D eigenvalue weighted by Crippen LogP contribution is -2.25. The summed E-state index contributed by atoms with van der Waals surface area (Å²) >= 11 is 6.53. The maximum atomic E-state index is 13.6. The fourth-order valence-corrected chi connectivity index (χ4v) is 4.80. The normalized spacial score (nSPS) is 15.4. The number of nitrogens with zero attached hydrogens (tertiary/aromatic N) is 3. The largest absolute Gasteiger partial charge is 0.349 e. The van der Waals surface area contributed by atoms with E-state index in [0.29, 0.717) is 33.8 Å². The molecule has 2 heterocycles. The molecule has 2 fully saturated rings. The molecule has 0 saturated heterocycles. The Morgan fingerprint density at radius 1 is 1.06 bits per heavy atom. The lowest BCUT2D eigenvalue weighted by molar-refractivity contribution is 0.0951. The second kappa shape index (κ2) is 8.27. The highest BCUT2D eigenvalue weighted by Crippen LogP contribution is 2.41. The SMILES string of the molecule is Cc1ccc(C(=O)NC2CC2)cc1Nc1ccn2c(n1)c(C1CC1)c(=O)n2-c1c(C)cccc1Cl. The zero-order chi connectivity index (χ0) is 24.3. The van der Waals surface area contributed by atoms with E-state index in [1.807, 2.05) is 56.4 Å². The molecule has 0 aliphatic heterocycles. The first-order valence-electron chi connectivity index (χ1n) is 12.0. The Hall–Kier alpha value is -3.58. The van der Waals surface area contributed by atoms with Gasteiger partial charge in [0.25, 0.3) is 11.5 Å². The van der Waals surface area contributed by atoms with E-state index in [0.717, 1.165) is 48.1 Å². The zero-order valence-electron chi connectivity index (χ0n) is 19.6. The molecule has 2 aromatic carbocycles. The van der Waals surface area contributed by atoms with Crippen LogP contribution in [-0.4, -0.2) is 26.1 Å². The first kappa shape index (κ1) is 21.9. The van der Waals surface area contributed by atoms with Crippen LogP contribution in [0.1, 0.15) is 58.6 Å². The molecule has 2 aliphatic rings. The molecule has 6 rings (SSSR count). The summed E-state index contributed by atoms with van der Waals surface area (Å²) in [6, 6.07) is 13.4. The number of para-hydroxylation sites is 1. The van der Waals surface area contributed by atoms with Gasteiger partial charge in [-0.25, -0.2) is 14.2 Å². The van der Waals surface area contributed by atoms with Gasteiger partial charge in [-0.05, 0) is 80.8 Å². The Bertz CT molecular complexity index is 1530. The summed E-state index contributed by atoms with van der Waals surface area (Å²) in [5.41, 5.74) is 5.28. The van der Waals surface area contributed by atoms with Gasteiger partial charge in [0.1, 0.15) is 5.82 Å². The second-order valence-electron chi connectivity index (χ2n) is 9.59. The van der Waals surface area contributed by atoms with Crippen LogP contribution in [-0.2, 0) is 0 Å². The molecule has 1 amide bonds. The first-order chi connectivity index (χ1) is 16.9.